The molecule has 0 unspecified atom stereocenters. The summed E-state index contributed by atoms with van der Waals surface area (Å²) in [6.45, 7) is 2.77. The number of ether oxygens (including phenoxy) is 1. The van der Waals surface area contributed by atoms with Crippen LogP contribution in [0.3, 0.4) is 0 Å². The average molecular weight is 183 g/mol. The molecular formula is C9H17N3O. The van der Waals surface area contributed by atoms with E-state index in [1.807, 2.05) is 16.9 Å². The lowest BCUT2D eigenvalue weighted by Gasteiger charge is -2.20. The Labute approximate surface area is 78.7 Å². The van der Waals surface area contributed by atoms with Crippen LogP contribution in [0.1, 0.15) is 13.3 Å². The molecule has 0 amide bonds. The molecule has 4 heteroatoms. The Balaban J connectivity index is 2.44. The molecule has 0 saturated heterocycles. The summed E-state index contributed by atoms with van der Waals surface area (Å²) in [4.78, 5) is 0. The van der Waals surface area contributed by atoms with Crippen LogP contribution >= 0.6 is 0 Å². The zero-order valence-electron chi connectivity index (χ0n) is 8.18. The maximum atomic E-state index is 5.94. The molecule has 1 heterocycles. The molecule has 1 aromatic heterocycles. The summed E-state index contributed by atoms with van der Waals surface area (Å²) in [5.74, 6) is 0. The lowest BCUT2D eigenvalue weighted by atomic mass is 10.1. The van der Waals surface area contributed by atoms with Crippen LogP contribution in [-0.4, -0.2) is 29.0 Å². The topological polar surface area (TPSA) is 53.1 Å². The third kappa shape index (κ3) is 2.82. The minimum absolute atomic E-state index is 0.00917. The summed E-state index contributed by atoms with van der Waals surface area (Å²) in [5, 5.41) is 4.09. The normalized spacial score (nSPS) is 15.6. The first-order valence-corrected chi connectivity index (χ1v) is 4.53. The van der Waals surface area contributed by atoms with E-state index < -0.39 is 0 Å². The number of hydrogen-bond acceptors (Lipinski definition) is 3. The van der Waals surface area contributed by atoms with Gasteiger partial charge >= 0.3 is 0 Å². The minimum Gasteiger partial charge on any atom is -0.380 e. The van der Waals surface area contributed by atoms with Gasteiger partial charge < -0.3 is 10.5 Å². The Morgan fingerprint density at radius 3 is 2.85 bits per heavy atom. The van der Waals surface area contributed by atoms with E-state index in [2.05, 4.69) is 12.0 Å². The quantitative estimate of drug-likeness (QED) is 0.728. The van der Waals surface area contributed by atoms with E-state index in [-0.39, 0.29) is 12.1 Å². The second-order valence-electron chi connectivity index (χ2n) is 3.07. The average Bonchev–Trinajstić information content (AvgIpc) is 2.59. The smallest absolute Gasteiger partial charge is 0.0737 e. The highest BCUT2D eigenvalue weighted by Crippen LogP contribution is 2.02. The Hall–Kier alpha value is -0.870. The van der Waals surface area contributed by atoms with E-state index in [9.17, 15) is 0 Å². The van der Waals surface area contributed by atoms with Gasteiger partial charge in [-0.25, -0.2) is 0 Å². The minimum atomic E-state index is 0.00917. The van der Waals surface area contributed by atoms with Crippen molar-refractivity contribution in [3.8, 4) is 0 Å². The number of aromatic nitrogens is 2. The molecule has 2 N–H and O–H groups in total. The molecule has 0 aliphatic carbocycles. The van der Waals surface area contributed by atoms with Gasteiger partial charge in [0.2, 0.25) is 0 Å². The van der Waals surface area contributed by atoms with Crippen LogP contribution in [0.25, 0.3) is 0 Å². The van der Waals surface area contributed by atoms with Crippen LogP contribution in [0.4, 0.5) is 0 Å². The largest absolute Gasteiger partial charge is 0.380 e. The maximum absolute atomic E-state index is 5.94. The van der Waals surface area contributed by atoms with Crippen molar-refractivity contribution in [1.29, 1.82) is 0 Å². The highest BCUT2D eigenvalue weighted by molar-refractivity contribution is 4.81. The third-order valence-electron chi connectivity index (χ3n) is 2.14. The fourth-order valence-corrected chi connectivity index (χ4v) is 1.39. The van der Waals surface area contributed by atoms with Crippen LogP contribution in [0.15, 0.2) is 18.5 Å². The van der Waals surface area contributed by atoms with Crippen molar-refractivity contribution in [2.45, 2.75) is 32.0 Å². The number of methoxy groups -OCH3 is 1. The standard InChI is InChI=1S/C9H17N3O/c1-3-9(13-2)8(10)7-12-6-4-5-11-12/h4-6,8-9H,3,7,10H2,1-2H3/t8-,9-/m1/s1. The van der Waals surface area contributed by atoms with Crippen molar-refractivity contribution >= 4 is 0 Å². The van der Waals surface area contributed by atoms with Gasteiger partial charge in [0.05, 0.1) is 18.7 Å². The second-order valence-corrected chi connectivity index (χ2v) is 3.07. The summed E-state index contributed by atoms with van der Waals surface area (Å²) in [6, 6.07) is 1.90. The fourth-order valence-electron chi connectivity index (χ4n) is 1.39. The van der Waals surface area contributed by atoms with Gasteiger partial charge in [-0.3, -0.25) is 4.68 Å². The number of rotatable bonds is 5. The monoisotopic (exact) mass is 183 g/mol. The first-order chi connectivity index (χ1) is 6.27. The molecule has 0 saturated carbocycles. The Bertz CT molecular complexity index is 219. The van der Waals surface area contributed by atoms with Crippen molar-refractivity contribution in [3.63, 3.8) is 0 Å². The summed E-state index contributed by atoms with van der Waals surface area (Å²) >= 11 is 0. The Kier molecular flexibility index (Phi) is 3.92. The summed E-state index contributed by atoms with van der Waals surface area (Å²) < 4.78 is 7.07. The Morgan fingerprint density at radius 1 is 1.62 bits per heavy atom. The highest BCUT2D eigenvalue weighted by atomic mass is 16.5. The van der Waals surface area contributed by atoms with Crippen LogP contribution in [0.5, 0.6) is 0 Å². The van der Waals surface area contributed by atoms with Gasteiger partial charge in [-0.15, -0.1) is 0 Å². The predicted octanol–water partition coefficient (Wildman–Crippen LogP) is 0.635. The van der Waals surface area contributed by atoms with E-state index in [0.717, 1.165) is 6.42 Å². The molecule has 0 radical (unpaired) electrons. The molecule has 13 heavy (non-hydrogen) atoms. The Morgan fingerprint density at radius 2 is 2.38 bits per heavy atom. The van der Waals surface area contributed by atoms with Gasteiger partial charge in [0.15, 0.2) is 0 Å². The highest BCUT2D eigenvalue weighted by Gasteiger charge is 2.15. The first-order valence-electron chi connectivity index (χ1n) is 4.53. The van der Waals surface area contributed by atoms with Crippen molar-refractivity contribution in [3.05, 3.63) is 18.5 Å². The summed E-state index contributed by atoms with van der Waals surface area (Å²) in [7, 11) is 1.69. The fraction of sp³-hybridized carbons (Fsp3) is 0.667. The van der Waals surface area contributed by atoms with Crippen molar-refractivity contribution < 1.29 is 4.74 Å². The van der Waals surface area contributed by atoms with Crippen LogP contribution < -0.4 is 5.73 Å². The van der Waals surface area contributed by atoms with Gasteiger partial charge in [-0.1, -0.05) is 6.92 Å². The van der Waals surface area contributed by atoms with Gasteiger partial charge in [-0.05, 0) is 12.5 Å². The molecular weight excluding hydrogens is 166 g/mol. The van der Waals surface area contributed by atoms with E-state index in [1.165, 1.54) is 0 Å². The molecule has 1 rings (SSSR count). The SMILES string of the molecule is CC[C@@H](OC)[C@H](N)Cn1cccn1. The molecule has 0 aliphatic heterocycles. The second kappa shape index (κ2) is 4.99. The van der Waals surface area contributed by atoms with E-state index in [0.29, 0.717) is 6.54 Å². The van der Waals surface area contributed by atoms with E-state index in [1.54, 1.807) is 13.3 Å². The van der Waals surface area contributed by atoms with Crippen LogP contribution in [0, 0.1) is 0 Å². The number of nitrogens with two attached hydrogens (primary N) is 1. The van der Waals surface area contributed by atoms with Crippen LogP contribution in [-0.2, 0) is 11.3 Å². The van der Waals surface area contributed by atoms with Gasteiger partial charge in [0.1, 0.15) is 0 Å². The van der Waals surface area contributed by atoms with Crippen molar-refractivity contribution in [2.75, 3.05) is 7.11 Å². The molecule has 2 atom stereocenters. The van der Waals surface area contributed by atoms with Gasteiger partial charge in [0.25, 0.3) is 0 Å². The molecule has 74 valence electrons. The lowest BCUT2D eigenvalue weighted by molar-refractivity contribution is 0.0711. The summed E-state index contributed by atoms with van der Waals surface area (Å²) in [6.07, 6.45) is 4.70. The predicted molar refractivity (Wildman–Crippen MR) is 51.3 cm³/mol. The van der Waals surface area contributed by atoms with Gasteiger partial charge in [-0.2, -0.15) is 5.10 Å². The lowest BCUT2D eigenvalue weighted by Crippen LogP contribution is -2.39. The molecule has 0 aliphatic rings. The van der Waals surface area contributed by atoms with E-state index >= 15 is 0 Å². The molecule has 0 bridgehead atoms. The summed E-state index contributed by atoms with van der Waals surface area (Å²) in [5.41, 5.74) is 5.94. The maximum Gasteiger partial charge on any atom is 0.0737 e. The molecule has 0 fully saturated rings. The molecule has 4 nitrogen and oxygen atoms in total. The third-order valence-corrected chi connectivity index (χ3v) is 2.14. The molecule has 0 aromatic carbocycles. The van der Waals surface area contributed by atoms with Crippen LogP contribution in [0.2, 0.25) is 0 Å². The van der Waals surface area contributed by atoms with Crippen molar-refractivity contribution in [1.82, 2.24) is 9.78 Å². The number of nitrogens with zero attached hydrogens (tertiary/aromatic N) is 2. The number of hydrogen-bond donors (Lipinski definition) is 1. The first kappa shape index (κ1) is 10.2. The van der Waals surface area contributed by atoms with Crippen molar-refractivity contribution in [2.24, 2.45) is 5.73 Å². The van der Waals surface area contributed by atoms with E-state index in [4.69, 9.17) is 10.5 Å². The molecule has 1 aromatic rings. The zero-order chi connectivity index (χ0) is 9.68. The molecule has 0 spiro atoms. The van der Waals surface area contributed by atoms with Gasteiger partial charge in [0, 0.05) is 19.5 Å². The zero-order valence-corrected chi connectivity index (χ0v) is 8.18.